The van der Waals surface area contributed by atoms with E-state index in [2.05, 4.69) is 36.5 Å². The normalized spacial score (nSPS) is 29.4. The van der Waals surface area contributed by atoms with E-state index in [0.717, 1.165) is 37.7 Å². The summed E-state index contributed by atoms with van der Waals surface area (Å²) in [7, 11) is 0. The Morgan fingerprint density at radius 1 is 1.48 bits per heavy atom. The SMILES string of the molecule is CC1=CC(C)CC(CNc2cnn(CC3CCCO3)c2)C1. The Kier molecular flexibility index (Phi) is 4.63. The minimum Gasteiger partial charge on any atom is -0.382 e. The second-order valence-corrected chi connectivity index (χ2v) is 6.76. The summed E-state index contributed by atoms with van der Waals surface area (Å²) < 4.78 is 7.66. The molecule has 116 valence electrons. The van der Waals surface area contributed by atoms with Gasteiger partial charge < -0.3 is 10.1 Å². The van der Waals surface area contributed by atoms with Gasteiger partial charge in [-0.25, -0.2) is 0 Å². The Morgan fingerprint density at radius 2 is 2.38 bits per heavy atom. The van der Waals surface area contributed by atoms with E-state index in [1.807, 2.05) is 10.9 Å². The number of nitrogens with one attached hydrogen (secondary N) is 1. The van der Waals surface area contributed by atoms with Crippen molar-refractivity contribution in [1.29, 1.82) is 0 Å². The highest BCUT2D eigenvalue weighted by Gasteiger charge is 2.19. The van der Waals surface area contributed by atoms with Crippen LogP contribution in [-0.4, -0.2) is 29.0 Å². The molecular formula is C17H27N3O. The highest BCUT2D eigenvalue weighted by Crippen LogP contribution is 2.28. The van der Waals surface area contributed by atoms with Crippen LogP contribution in [0.3, 0.4) is 0 Å². The van der Waals surface area contributed by atoms with Crippen molar-refractivity contribution >= 4 is 5.69 Å². The fourth-order valence-electron chi connectivity index (χ4n) is 3.66. The molecule has 1 saturated heterocycles. The molecule has 0 spiro atoms. The Balaban J connectivity index is 1.47. The molecule has 1 N–H and O–H groups in total. The number of ether oxygens (including phenoxy) is 1. The zero-order valence-corrected chi connectivity index (χ0v) is 13.2. The average Bonchev–Trinajstić information content (AvgIpc) is 3.08. The summed E-state index contributed by atoms with van der Waals surface area (Å²) >= 11 is 0. The molecule has 3 atom stereocenters. The first-order valence-electron chi connectivity index (χ1n) is 8.24. The quantitative estimate of drug-likeness (QED) is 0.844. The Labute approximate surface area is 127 Å². The van der Waals surface area contributed by atoms with Gasteiger partial charge in [0.25, 0.3) is 0 Å². The lowest BCUT2D eigenvalue weighted by atomic mass is 9.84. The summed E-state index contributed by atoms with van der Waals surface area (Å²) in [5.41, 5.74) is 2.67. The van der Waals surface area contributed by atoms with Gasteiger partial charge in [0.05, 0.1) is 24.5 Å². The first kappa shape index (κ1) is 14.6. The number of nitrogens with zero attached hydrogens (tertiary/aromatic N) is 2. The van der Waals surface area contributed by atoms with Crippen molar-refractivity contribution in [2.24, 2.45) is 11.8 Å². The van der Waals surface area contributed by atoms with Crippen LogP contribution in [0.5, 0.6) is 0 Å². The predicted molar refractivity (Wildman–Crippen MR) is 85.3 cm³/mol. The van der Waals surface area contributed by atoms with Crippen LogP contribution in [0.4, 0.5) is 5.69 Å². The van der Waals surface area contributed by atoms with Crippen molar-refractivity contribution in [3.8, 4) is 0 Å². The van der Waals surface area contributed by atoms with Crippen LogP contribution in [0.25, 0.3) is 0 Å². The van der Waals surface area contributed by atoms with Crippen LogP contribution in [-0.2, 0) is 11.3 Å². The van der Waals surface area contributed by atoms with Crippen molar-refractivity contribution in [3.63, 3.8) is 0 Å². The van der Waals surface area contributed by atoms with Crippen molar-refractivity contribution in [3.05, 3.63) is 24.0 Å². The van der Waals surface area contributed by atoms with E-state index < -0.39 is 0 Å². The third-order valence-corrected chi connectivity index (χ3v) is 4.53. The maximum Gasteiger partial charge on any atom is 0.0771 e. The highest BCUT2D eigenvalue weighted by atomic mass is 16.5. The third kappa shape index (κ3) is 4.10. The Morgan fingerprint density at radius 3 is 3.14 bits per heavy atom. The lowest BCUT2D eigenvalue weighted by molar-refractivity contribution is 0.0940. The molecule has 0 aromatic carbocycles. The topological polar surface area (TPSA) is 39.1 Å². The number of rotatable bonds is 5. The summed E-state index contributed by atoms with van der Waals surface area (Å²) in [5, 5.41) is 7.99. The molecule has 21 heavy (non-hydrogen) atoms. The molecule has 1 aliphatic heterocycles. The second kappa shape index (κ2) is 6.65. The first-order valence-corrected chi connectivity index (χ1v) is 8.24. The second-order valence-electron chi connectivity index (χ2n) is 6.76. The molecule has 0 saturated carbocycles. The van der Waals surface area contributed by atoms with Crippen LogP contribution in [0, 0.1) is 11.8 Å². The van der Waals surface area contributed by atoms with Gasteiger partial charge in [0, 0.05) is 19.3 Å². The molecule has 1 aliphatic carbocycles. The molecule has 4 heteroatoms. The zero-order chi connectivity index (χ0) is 14.7. The maximum absolute atomic E-state index is 5.66. The molecule has 1 aromatic rings. The van der Waals surface area contributed by atoms with E-state index in [0.29, 0.717) is 12.0 Å². The number of aromatic nitrogens is 2. The van der Waals surface area contributed by atoms with Crippen molar-refractivity contribution in [2.75, 3.05) is 18.5 Å². The molecule has 0 amide bonds. The summed E-state index contributed by atoms with van der Waals surface area (Å²) in [6.45, 7) is 7.40. The van der Waals surface area contributed by atoms with Crippen molar-refractivity contribution < 1.29 is 4.74 Å². The molecule has 3 rings (SSSR count). The molecule has 3 unspecified atom stereocenters. The highest BCUT2D eigenvalue weighted by molar-refractivity contribution is 5.38. The third-order valence-electron chi connectivity index (χ3n) is 4.53. The zero-order valence-electron chi connectivity index (χ0n) is 13.2. The summed E-state index contributed by atoms with van der Waals surface area (Å²) in [5.74, 6) is 1.46. The monoisotopic (exact) mass is 289 g/mol. The van der Waals surface area contributed by atoms with Crippen LogP contribution in [0.1, 0.15) is 39.5 Å². The molecule has 2 heterocycles. The fraction of sp³-hybridized carbons (Fsp3) is 0.706. The number of anilines is 1. The van der Waals surface area contributed by atoms with Crippen LogP contribution < -0.4 is 5.32 Å². The lowest BCUT2D eigenvalue weighted by Gasteiger charge is -2.25. The van der Waals surface area contributed by atoms with Gasteiger partial charge in [-0.1, -0.05) is 18.6 Å². The molecule has 2 aliphatic rings. The predicted octanol–water partition coefficient (Wildman–Crippen LogP) is 3.47. The van der Waals surface area contributed by atoms with Gasteiger partial charge in [-0.15, -0.1) is 0 Å². The van der Waals surface area contributed by atoms with Crippen molar-refractivity contribution in [1.82, 2.24) is 9.78 Å². The van der Waals surface area contributed by atoms with E-state index >= 15 is 0 Å². The number of allylic oxidation sites excluding steroid dienone is 2. The smallest absolute Gasteiger partial charge is 0.0771 e. The summed E-state index contributed by atoms with van der Waals surface area (Å²) in [6.07, 6.45) is 11.7. The van der Waals surface area contributed by atoms with E-state index in [1.54, 1.807) is 0 Å². The molecule has 1 aromatic heterocycles. The van der Waals surface area contributed by atoms with Gasteiger partial charge in [0.1, 0.15) is 0 Å². The van der Waals surface area contributed by atoms with Gasteiger partial charge >= 0.3 is 0 Å². The minimum atomic E-state index is 0.352. The molecule has 1 fully saturated rings. The largest absolute Gasteiger partial charge is 0.382 e. The van der Waals surface area contributed by atoms with Crippen LogP contribution in [0.15, 0.2) is 24.0 Å². The molecule has 4 nitrogen and oxygen atoms in total. The summed E-state index contributed by atoms with van der Waals surface area (Å²) in [6, 6.07) is 0. The lowest BCUT2D eigenvalue weighted by Crippen LogP contribution is -2.20. The van der Waals surface area contributed by atoms with Gasteiger partial charge in [0.2, 0.25) is 0 Å². The van der Waals surface area contributed by atoms with Crippen LogP contribution >= 0.6 is 0 Å². The van der Waals surface area contributed by atoms with Gasteiger partial charge in [-0.3, -0.25) is 4.68 Å². The van der Waals surface area contributed by atoms with E-state index in [4.69, 9.17) is 4.74 Å². The Bertz CT molecular complexity index is 488. The standard InChI is InChI=1S/C17H27N3O/c1-13-6-14(2)8-15(7-13)9-18-16-10-19-20(11-16)12-17-4-3-5-21-17/h6,10-11,13,15,17-18H,3-5,7-9,12H2,1-2H3. The first-order chi connectivity index (χ1) is 10.2. The number of hydrogen-bond donors (Lipinski definition) is 1. The average molecular weight is 289 g/mol. The molecule has 0 radical (unpaired) electrons. The van der Waals surface area contributed by atoms with E-state index in [9.17, 15) is 0 Å². The van der Waals surface area contributed by atoms with Gasteiger partial charge in [-0.05, 0) is 44.4 Å². The summed E-state index contributed by atoms with van der Waals surface area (Å²) in [4.78, 5) is 0. The molecule has 0 bridgehead atoms. The molecular weight excluding hydrogens is 262 g/mol. The van der Waals surface area contributed by atoms with Gasteiger partial charge in [-0.2, -0.15) is 5.10 Å². The van der Waals surface area contributed by atoms with Gasteiger partial charge in [0.15, 0.2) is 0 Å². The number of hydrogen-bond acceptors (Lipinski definition) is 3. The fourth-order valence-corrected chi connectivity index (χ4v) is 3.66. The van der Waals surface area contributed by atoms with Crippen molar-refractivity contribution in [2.45, 2.75) is 52.2 Å². The maximum atomic E-state index is 5.66. The van der Waals surface area contributed by atoms with Crippen LogP contribution in [0.2, 0.25) is 0 Å². The minimum absolute atomic E-state index is 0.352. The van der Waals surface area contributed by atoms with E-state index in [-0.39, 0.29) is 0 Å². The Hall–Kier alpha value is -1.29. The van der Waals surface area contributed by atoms with E-state index in [1.165, 1.54) is 24.8 Å².